The molecular formula is C27H26ClN3O4. The lowest BCUT2D eigenvalue weighted by molar-refractivity contribution is 0.102. The highest BCUT2D eigenvalue weighted by Crippen LogP contribution is 2.25. The molecule has 1 amide bonds. The zero-order valence-electron chi connectivity index (χ0n) is 19.7. The van der Waals surface area contributed by atoms with E-state index in [1.807, 2.05) is 44.2 Å². The fraction of sp³-hybridized carbons (Fsp3) is 0.185. The molecule has 8 heteroatoms. The van der Waals surface area contributed by atoms with Crippen LogP contribution < -0.4 is 19.5 Å². The van der Waals surface area contributed by atoms with Crippen LogP contribution in [0.15, 0.2) is 73.1 Å². The lowest BCUT2D eigenvalue weighted by Gasteiger charge is -2.14. The number of rotatable bonds is 9. The first kappa shape index (κ1) is 24.2. The monoisotopic (exact) mass is 491 g/mol. The van der Waals surface area contributed by atoms with Crippen molar-refractivity contribution >= 4 is 23.2 Å². The largest absolute Gasteiger partial charge is 0.496 e. The minimum atomic E-state index is -0.268. The number of hydrogen-bond donors (Lipinski definition) is 1. The van der Waals surface area contributed by atoms with Crippen molar-refractivity contribution in [3.63, 3.8) is 0 Å². The van der Waals surface area contributed by atoms with Crippen LogP contribution >= 0.6 is 11.6 Å². The van der Waals surface area contributed by atoms with E-state index in [1.54, 1.807) is 54.5 Å². The zero-order valence-corrected chi connectivity index (χ0v) is 20.5. The number of methoxy groups -OCH3 is 1. The average molecular weight is 492 g/mol. The molecule has 4 aromatic rings. The lowest BCUT2D eigenvalue weighted by Crippen LogP contribution is -2.12. The van der Waals surface area contributed by atoms with E-state index in [1.165, 1.54) is 0 Å². The molecule has 0 saturated carbocycles. The van der Waals surface area contributed by atoms with E-state index in [2.05, 4.69) is 10.4 Å². The number of anilines is 1. The Bertz CT molecular complexity index is 1340. The minimum Gasteiger partial charge on any atom is -0.496 e. The quantitative estimate of drug-likeness (QED) is 0.309. The summed E-state index contributed by atoms with van der Waals surface area (Å²) in [7, 11) is 1.59. The molecule has 0 aliphatic carbocycles. The summed E-state index contributed by atoms with van der Waals surface area (Å²) in [6.45, 7) is 4.46. The van der Waals surface area contributed by atoms with E-state index < -0.39 is 0 Å². The van der Waals surface area contributed by atoms with Crippen LogP contribution in [0.3, 0.4) is 0 Å². The maximum absolute atomic E-state index is 12.9. The number of aryl methyl sites for hydroxylation is 2. The van der Waals surface area contributed by atoms with E-state index in [0.717, 1.165) is 22.4 Å². The van der Waals surface area contributed by atoms with Crippen LogP contribution in [0.1, 0.15) is 27.0 Å². The summed E-state index contributed by atoms with van der Waals surface area (Å²) in [6, 6.07) is 18.4. The molecule has 7 nitrogen and oxygen atoms in total. The minimum absolute atomic E-state index is 0.179. The summed E-state index contributed by atoms with van der Waals surface area (Å²) in [6.07, 6.45) is 3.25. The first-order valence-corrected chi connectivity index (χ1v) is 11.4. The van der Waals surface area contributed by atoms with Crippen LogP contribution in [-0.4, -0.2) is 22.8 Å². The molecule has 0 unspecified atom stereocenters. The van der Waals surface area contributed by atoms with Gasteiger partial charge in [-0.15, -0.1) is 0 Å². The molecule has 0 bridgehead atoms. The van der Waals surface area contributed by atoms with Crippen molar-refractivity contribution < 1.29 is 19.0 Å². The summed E-state index contributed by atoms with van der Waals surface area (Å²) in [5.41, 5.74) is 3.96. The molecule has 0 fully saturated rings. The average Bonchev–Trinajstić information content (AvgIpc) is 3.30. The van der Waals surface area contributed by atoms with Gasteiger partial charge in [0.05, 0.1) is 25.2 Å². The Kier molecular flexibility index (Phi) is 7.57. The normalized spacial score (nSPS) is 10.6. The third-order valence-corrected chi connectivity index (χ3v) is 5.56. The Hall–Kier alpha value is -3.97. The highest BCUT2D eigenvalue weighted by atomic mass is 35.5. The van der Waals surface area contributed by atoms with Crippen LogP contribution in [0.25, 0.3) is 0 Å². The SMILES string of the molecule is COc1ccc(C(=O)Nc2cnn(COc3cccc(Cl)c3)c2)cc1COc1cc(C)ccc1C. The van der Waals surface area contributed by atoms with Gasteiger partial charge in [-0.1, -0.05) is 29.8 Å². The number of benzene rings is 3. The second-order valence-electron chi connectivity index (χ2n) is 8.04. The maximum Gasteiger partial charge on any atom is 0.255 e. The van der Waals surface area contributed by atoms with Gasteiger partial charge in [-0.25, -0.2) is 4.68 Å². The molecule has 3 aromatic carbocycles. The van der Waals surface area contributed by atoms with Crippen molar-refractivity contribution in [2.75, 3.05) is 12.4 Å². The van der Waals surface area contributed by atoms with Gasteiger partial charge in [0, 0.05) is 16.1 Å². The van der Waals surface area contributed by atoms with Crippen LogP contribution in [0.5, 0.6) is 17.2 Å². The summed E-state index contributed by atoms with van der Waals surface area (Å²) in [5, 5.41) is 7.68. The summed E-state index contributed by atoms with van der Waals surface area (Å²) in [5.74, 6) is 1.82. The maximum atomic E-state index is 12.9. The van der Waals surface area contributed by atoms with Gasteiger partial charge in [0.25, 0.3) is 5.91 Å². The number of carbonyl (C=O) groups excluding carboxylic acids is 1. The van der Waals surface area contributed by atoms with Crippen molar-refractivity contribution in [2.24, 2.45) is 0 Å². The molecule has 1 aromatic heterocycles. The number of ether oxygens (including phenoxy) is 3. The van der Waals surface area contributed by atoms with E-state index in [4.69, 9.17) is 25.8 Å². The highest BCUT2D eigenvalue weighted by Gasteiger charge is 2.13. The third kappa shape index (κ3) is 6.33. The van der Waals surface area contributed by atoms with Crippen molar-refractivity contribution in [1.29, 1.82) is 0 Å². The molecule has 0 spiro atoms. The van der Waals surface area contributed by atoms with Crippen molar-refractivity contribution in [2.45, 2.75) is 27.2 Å². The molecule has 0 atom stereocenters. The molecule has 35 heavy (non-hydrogen) atoms. The van der Waals surface area contributed by atoms with Gasteiger partial charge in [0.15, 0.2) is 6.73 Å². The molecular weight excluding hydrogens is 466 g/mol. The van der Waals surface area contributed by atoms with Gasteiger partial charge in [0.1, 0.15) is 23.9 Å². The van der Waals surface area contributed by atoms with Crippen LogP contribution in [-0.2, 0) is 13.3 Å². The molecule has 180 valence electrons. The number of hydrogen-bond acceptors (Lipinski definition) is 5. The summed E-state index contributed by atoms with van der Waals surface area (Å²) >= 11 is 5.97. The van der Waals surface area contributed by atoms with Gasteiger partial charge in [-0.3, -0.25) is 4.79 Å². The van der Waals surface area contributed by atoms with E-state index >= 15 is 0 Å². The highest BCUT2D eigenvalue weighted by molar-refractivity contribution is 6.30. The fourth-order valence-electron chi connectivity index (χ4n) is 3.45. The second kappa shape index (κ2) is 11.0. The molecule has 0 aliphatic rings. The molecule has 0 aliphatic heterocycles. The van der Waals surface area contributed by atoms with E-state index in [9.17, 15) is 4.79 Å². The van der Waals surface area contributed by atoms with Crippen molar-refractivity contribution in [3.8, 4) is 17.2 Å². The van der Waals surface area contributed by atoms with Crippen LogP contribution in [0, 0.1) is 13.8 Å². The summed E-state index contributed by atoms with van der Waals surface area (Å²) in [4.78, 5) is 12.9. The second-order valence-corrected chi connectivity index (χ2v) is 8.47. The number of carbonyl (C=O) groups is 1. The Morgan fingerprint density at radius 2 is 1.89 bits per heavy atom. The van der Waals surface area contributed by atoms with Gasteiger partial charge < -0.3 is 19.5 Å². The Labute approximate surface area is 209 Å². The zero-order chi connectivity index (χ0) is 24.8. The lowest BCUT2D eigenvalue weighted by atomic mass is 10.1. The van der Waals surface area contributed by atoms with Gasteiger partial charge in [-0.05, 0) is 67.4 Å². The number of amides is 1. The topological polar surface area (TPSA) is 74.6 Å². The predicted molar refractivity (Wildman–Crippen MR) is 136 cm³/mol. The molecule has 1 heterocycles. The van der Waals surface area contributed by atoms with E-state index in [0.29, 0.717) is 27.8 Å². The first-order chi connectivity index (χ1) is 16.9. The standard InChI is InChI=1S/C27H26ClN3O4/c1-18-7-8-19(2)26(11-18)34-16-21-12-20(9-10-25(21)33-3)27(32)30-23-14-29-31(15-23)17-35-24-6-4-5-22(28)13-24/h4-15H,16-17H2,1-3H3,(H,30,32). The Morgan fingerprint density at radius 1 is 1.03 bits per heavy atom. The third-order valence-electron chi connectivity index (χ3n) is 5.32. The number of aromatic nitrogens is 2. The van der Waals surface area contributed by atoms with Gasteiger partial charge >= 0.3 is 0 Å². The summed E-state index contributed by atoms with van der Waals surface area (Å²) < 4.78 is 18.7. The van der Waals surface area contributed by atoms with E-state index in [-0.39, 0.29) is 19.2 Å². The molecule has 1 N–H and O–H groups in total. The van der Waals surface area contributed by atoms with Gasteiger partial charge in [-0.2, -0.15) is 5.10 Å². The van der Waals surface area contributed by atoms with Crippen molar-refractivity contribution in [1.82, 2.24) is 9.78 Å². The van der Waals surface area contributed by atoms with Crippen molar-refractivity contribution in [3.05, 3.63) is 100 Å². The Balaban J connectivity index is 1.40. The molecule has 0 radical (unpaired) electrons. The molecule has 0 saturated heterocycles. The fourth-order valence-corrected chi connectivity index (χ4v) is 3.63. The molecule has 4 rings (SSSR count). The number of nitrogens with zero attached hydrogens (tertiary/aromatic N) is 2. The van der Waals surface area contributed by atoms with Crippen LogP contribution in [0.2, 0.25) is 5.02 Å². The smallest absolute Gasteiger partial charge is 0.255 e. The number of nitrogens with one attached hydrogen (secondary N) is 1. The first-order valence-electron chi connectivity index (χ1n) is 11.0. The predicted octanol–water partition coefficient (Wildman–Crippen LogP) is 6.03. The number of halogens is 1. The Morgan fingerprint density at radius 3 is 2.69 bits per heavy atom. The van der Waals surface area contributed by atoms with Crippen LogP contribution in [0.4, 0.5) is 5.69 Å². The van der Waals surface area contributed by atoms with Gasteiger partial charge in [0.2, 0.25) is 0 Å².